The first-order valence-corrected chi connectivity index (χ1v) is 7.76. The third kappa shape index (κ3) is 2.58. The van der Waals surface area contributed by atoms with E-state index in [0.29, 0.717) is 0 Å². The zero-order chi connectivity index (χ0) is 18.2. The number of rotatable bonds is 2. The van der Waals surface area contributed by atoms with E-state index < -0.39 is 17.6 Å². The number of hydrogen-bond donors (Lipinski definition) is 0. The predicted octanol–water partition coefficient (Wildman–Crippen LogP) is 4.15. The monoisotopic (exact) mass is 348 g/mol. The van der Waals surface area contributed by atoms with Gasteiger partial charge in [0.05, 0.1) is 5.56 Å². The molecule has 1 aromatic heterocycles. The van der Waals surface area contributed by atoms with Gasteiger partial charge in [-0.3, -0.25) is 4.79 Å². The number of furan rings is 1. The molecule has 3 rings (SSSR count). The van der Waals surface area contributed by atoms with Crippen molar-refractivity contribution in [3.05, 3.63) is 59.0 Å². The molecule has 0 N–H and O–H groups in total. The van der Waals surface area contributed by atoms with Gasteiger partial charge in [-0.15, -0.1) is 0 Å². The number of carbonyl (C=O) groups is 1. The van der Waals surface area contributed by atoms with E-state index in [1.54, 1.807) is 12.1 Å². The molecular formula is C18H15F3N2O2. The molecule has 130 valence electrons. The van der Waals surface area contributed by atoms with Crippen molar-refractivity contribution in [3.8, 4) is 6.07 Å². The highest BCUT2D eigenvalue weighted by molar-refractivity contribution is 5.96. The van der Waals surface area contributed by atoms with Crippen LogP contribution in [0.4, 0.5) is 13.2 Å². The number of alkyl halides is 3. The molecule has 0 saturated carbocycles. The second kappa shape index (κ2) is 5.96. The Kier molecular flexibility index (Phi) is 4.07. The Hall–Kier alpha value is -2.75. The molecule has 1 saturated heterocycles. The van der Waals surface area contributed by atoms with E-state index in [0.717, 1.165) is 4.90 Å². The Morgan fingerprint density at radius 1 is 1.32 bits per heavy atom. The molecule has 2 heterocycles. The van der Waals surface area contributed by atoms with Gasteiger partial charge in [0.15, 0.2) is 5.54 Å². The average molecular weight is 348 g/mol. The summed E-state index contributed by atoms with van der Waals surface area (Å²) in [6.45, 7) is 1.45. The van der Waals surface area contributed by atoms with Gasteiger partial charge in [0, 0.05) is 12.6 Å². The lowest BCUT2D eigenvalue weighted by Gasteiger charge is -2.40. The minimum absolute atomic E-state index is 0.0111. The molecule has 1 aliphatic heterocycles. The van der Waals surface area contributed by atoms with Crippen molar-refractivity contribution in [2.75, 3.05) is 6.54 Å². The topological polar surface area (TPSA) is 57.2 Å². The molecule has 1 atom stereocenters. The average Bonchev–Trinajstić information content (AvgIpc) is 3.19. The number of carbonyl (C=O) groups excluding carboxylic acids is 1. The number of nitrogens with zero attached hydrogens (tertiary/aromatic N) is 2. The molecule has 0 bridgehead atoms. The Morgan fingerprint density at radius 2 is 2.00 bits per heavy atom. The minimum Gasteiger partial charge on any atom is -0.450 e. The van der Waals surface area contributed by atoms with Crippen LogP contribution in [0.15, 0.2) is 40.8 Å². The molecule has 0 aliphatic carbocycles. The van der Waals surface area contributed by atoms with Crippen LogP contribution in [0.1, 0.15) is 40.3 Å². The lowest BCUT2D eigenvalue weighted by molar-refractivity contribution is -0.220. The highest BCUT2D eigenvalue weighted by Crippen LogP contribution is 2.51. The fourth-order valence-corrected chi connectivity index (χ4v) is 3.46. The summed E-state index contributed by atoms with van der Waals surface area (Å²) in [7, 11) is 0. The standard InChI is InChI=1S/C18H15F3N2O2/c1-12-15(10-14(11-22)25-12)16(24)23-9-5-8-17(23,18(19,20)21)13-6-3-2-4-7-13/h2-4,6-7,10H,5,8-9H2,1H3. The van der Waals surface area contributed by atoms with Gasteiger partial charge in [-0.05, 0) is 25.3 Å². The summed E-state index contributed by atoms with van der Waals surface area (Å²) in [5.74, 6) is -0.739. The molecule has 25 heavy (non-hydrogen) atoms. The van der Waals surface area contributed by atoms with Gasteiger partial charge in [0.2, 0.25) is 5.76 Å². The fraction of sp³-hybridized carbons (Fsp3) is 0.333. The number of hydrogen-bond acceptors (Lipinski definition) is 3. The minimum atomic E-state index is -4.63. The van der Waals surface area contributed by atoms with Crippen LogP contribution >= 0.6 is 0 Å². The van der Waals surface area contributed by atoms with Crippen LogP contribution in [-0.4, -0.2) is 23.5 Å². The van der Waals surface area contributed by atoms with Gasteiger partial charge in [0.1, 0.15) is 11.8 Å². The van der Waals surface area contributed by atoms with Gasteiger partial charge in [-0.1, -0.05) is 30.3 Å². The largest absolute Gasteiger partial charge is 0.450 e. The van der Waals surface area contributed by atoms with Gasteiger partial charge < -0.3 is 9.32 Å². The second-order valence-corrected chi connectivity index (χ2v) is 5.98. The van der Waals surface area contributed by atoms with E-state index >= 15 is 0 Å². The Morgan fingerprint density at radius 3 is 2.56 bits per heavy atom. The molecule has 1 aliphatic rings. The quantitative estimate of drug-likeness (QED) is 0.819. The SMILES string of the molecule is Cc1oc(C#N)cc1C(=O)N1CCCC1(c1ccccc1)C(F)(F)F. The summed E-state index contributed by atoms with van der Waals surface area (Å²) in [6.07, 6.45) is -4.59. The predicted molar refractivity (Wildman–Crippen MR) is 82.6 cm³/mol. The van der Waals surface area contributed by atoms with Crippen LogP contribution in [-0.2, 0) is 5.54 Å². The number of amides is 1. The normalized spacial score (nSPS) is 20.5. The maximum atomic E-state index is 14.1. The van der Waals surface area contributed by atoms with Crippen LogP contribution in [0.25, 0.3) is 0 Å². The van der Waals surface area contributed by atoms with Crippen LogP contribution < -0.4 is 0 Å². The summed E-state index contributed by atoms with van der Waals surface area (Å²) >= 11 is 0. The number of aryl methyl sites for hydroxylation is 1. The van der Waals surface area contributed by atoms with E-state index in [4.69, 9.17) is 9.68 Å². The number of likely N-dealkylation sites (tertiary alicyclic amines) is 1. The summed E-state index contributed by atoms with van der Waals surface area (Å²) < 4.78 is 47.5. The Bertz CT molecular complexity index is 836. The van der Waals surface area contributed by atoms with Crippen molar-refractivity contribution >= 4 is 5.91 Å². The lowest BCUT2D eigenvalue weighted by Crippen LogP contribution is -2.54. The van der Waals surface area contributed by atoms with Gasteiger partial charge in [0.25, 0.3) is 5.91 Å². The van der Waals surface area contributed by atoms with Crippen LogP contribution in [0.2, 0.25) is 0 Å². The van der Waals surface area contributed by atoms with Crippen LogP contribution in [0.3, 0.4) is 0 Å². The van der Waals surface area contributed by atoms with Gasteiger partial charge >= 0.3 is 6.18 Å². The lowest BCUT2D eigenvalue weighted by atomic mass is 9.86. The number of halogens is 3. The number of nitriles is 1. The Balaban J connectivity index is 2.12. The number of benzene rings is 1. The summed E-state index contributed by atoms with van der Waals surface area (Å²) in [5.41, 5.74) is -2.35. The van der Waals surface area contributed by atoms with E-state index in [1.807, 2.05) is 0 Å². The third-order valence-corrected chi connectivity index (χ3v) is 4.60. The summed E-state index contributed by atoms with van der Waals surface area (Å²) in [6, 6.07) is 10.4. The first-order chi connectivity index (χ1) is 11.8. The first-order valence-electron chi connectivity index (χ1n) is 7.76. The first kappa shape index (κ1) is 17.1. The Labute approximate surface area is 142 Å². The van der Waals surface area contributed by atoms with Gasteiger partial charge in [-0.25, -0.2) is 0 Å². The van der Waals surface area contributed by atoms with E-state index in [1.165, 1.54) is 37.3 Å². The molecule has 1 aromatic carbocycles. The van der Waals surface area contributed by atoms with Crippen molar-refractivity contribution in [1.82, 2.24) is 4.90 Å². The molecule has 2 aromatic rings. The highest BCUT2D eigenvalue weighted by Gasteiger charge is 2.63. The van der Waals surface area contributed by atoms with Gasteiger partial charge in [-0.2, -0.15) is 18.4 Å². The molecular weight excluding hydrogens is 333 g/mol. The molecule has 0 spiro atoms. The smallest absolute Gasteiger partial charge is 0.415 e. The van der Waals surface area contributed by atoms with Crippen molar-refractivity contribution in [2.45, 2.75) is 31.5 Å². The maximum Gasteiger partial charge on any atom is 0.415 e. The molecule has 1 amide bonds. The van der Waals surface area contributed by atoms with Crippen molar-refractivity contribution < 1.29 is 22.4 Å². The summed E-state index contributed by atoms with van der Waals surface area (Å²) in [5, 5.41) is 8.88. The fourth-order valence-electron chi connectivity index (χ4n) is 3.46. The summed E-state index contributed by atoms with van der Waals surface area (Å²) in [4.78, 5) is 13.8. The van der Waals surface area contributed by atoms with E-state index in [9.17, 15) is 18.0 Å². The van der Waals surface area contributed by atoms with E-state index in [-0.39, 0.29) is 42.0 Å². The zero-order valence-corrected chi connectivity index (χ0v) is 13.4. The molecule has 1 fully saturated rings. The molecule has 7 heteroatoms. The van der Waals surface area contributed by atoms with Crippen LogP contribution in [0, 0.1) is 18.3 Å². The molecule has 0 radical (unpaired) electrons. The molecule has 4 nitrogen and oxygen atoms in total. The maximum absolute atomic E-state index is 14.1. The van der Waals surface area contributed by atoms with Crippen molar-refractivity contribution in [3.63, 3.8) is 0 Å². The van der Waals surface area contributed by atoms with Crippen molar-refractivity contribution in [2.24, 2.45) is 0 Å². The van der Waals surface area contributed by atoms with E-state index in [2.05, 4.69) is 0 Å². The zero-order valence-electron chi connectivity index (χ0n) is 13.4. The third-order valence-electron chi connectivity index (χ3n) is 4.60. The second-order valence-electron chi connectivity index (χ2n) is 5.98. The molecule has 1 unspecified atom stereocenters. The van der Waals surface area contributed by atoms with Crippen LogP contribution in [0.5, 0.6) is 0 Å². The highest BCUT2D eigenvalue weighted by atomic mass is 19.4. The van der Waals surface area contributed by atoms with Crippen molar-refractivity contribution in [1.29, 1.82) is 5.26 Å².